The lowest BCUT2D eigenvalue weighted by Crippen LogP contribution is -1.96. The fourth-order valence-electron chi connectivity index (χ4n) is 3.35. The van der Waals surface area contributed by atoms with Crippen LogP contribution in [-0.2, 0) is 4.79 Å². The van der Waals surface area contributed by atoms with E-state index in [0.29, 0.717) is 6.42 Å². The molecule has 0 aromatic carbocycles. The maximum absolute atomic E-state index is 10.4. The molecule has 0 spiro atoms. The van der Waals surface area contributed by atoms with Crippen molar-refractivity contribution in [2.24, 2.45) is 5.92 Å². The van der Waals surface area contributed by atoms with E-state index in [2.05, 4.69) is 13.8 Å². The van der Waals surface area contributed by atoms with Crippen LogP contribution >= 0.6 is 0 Å². The average Bonchev–Trinajstić information content (AvgIpc) is 2.54. The number of rotatable bonds is 18. The summed E-state index contributed by atoms with van der Waals surface area (Å²) < 4.78 is 0. The molecule has 0 fully saturated rings. The molecule has 2 heteroatoms. The number of hydrogen-bond donors (Lipinski definition) is 1. The zero-order valence-corrected chi connectivity index (χ0v) is 16.0. The smallest absolute Gasteiger partial charge is 0.303 e. The Morgan fingerprint density at radius 1 is 0.652 bits per heavy atom. The largest absolute Gasteiger partial charge is 0.481 e. The number of aliphatic carboxylic acids is 1. The summed E-state index contributed by atoms with van der Waals surface area (Å²) >= 11 is 0. The summed E-state index contributed by atoms with van der Waals surface area (Å²) in [4.78, 5) is 10.4. The third-order valence-corrected chi connectivity index (χ3v) is 5.16. The SMILES string of the molecule is CCC(CC)CCCCCCCCCCCCCCCC(=O)O. The number of unbranched alkanes of at least 4 members (excludes halogenated alkanes) is 12. The molecule has 0 radical (unpaired) electrons. The Kier molecular flexibility index (Phi) is 17.4. The quantitative estimate of drug-likeness (QED) is 0.267. The van der Waals surface area contributed by atoms with Gasteiger partial charge in [0.25, 0.3) is 0 Å². The number of hydrogen-bond acceptors (Lipinski definition) is 1. The van der Waals surface area contributed by atoms with Crippen LogP contribution in [0.3, 0.4) is 0 Å². The van der Waals surface area contributed by atoms with Crippen molar-refractivity contribution in [2.45, 2.75) is 123 Å². The zero-order chi connectivity index (χ0) is 17.2. The second kappa shape index (κ2) is 17.8. The monoisotopic (exact) mass is 326 g/mol. The first-order valence-corrected chi connectivity index (χ1v) is 10.4. The third kappa shape index (κ3) is 17.7. The van der Waals surface area contributed by atoms with Crippen molar-refractivity contribution in [3.63, 3.8) is 0 Å². The molecular weight excluding hydrogens is 284 g/mol. The summed E-state index contributed by atoms with van der Waals surface area (Å²) in [5.74, 6) is 0.319. The first kappa shape index (κ1) is 22.5. The summed E-state index contributed by atoms with van der Waals surface area (Å²) in [7, 11) is 0. The van der Waals surface area contributed by atoms with E-state index in [-0.39, 0.29) is 0 Å². The molecule has 0 heterocycles. The highest BCUT2D eigenvalue weighted by Crippen LogP contribution is 2.18. The van der Waals surface area contributed by atoms with Crippen LogP contribution < -0.4 is 0 Å². The molecule has 0 aromatic rings. The van der Waals surface area contributed by atoms with Gasteiger partial charge in [0.1, 0.15) is 0 Å². The van der Waals surface area contributed by atoms with Gasteiger partial charge in [0.15, 0.2) is 0 Å². The van der Waals surface area contributed by atoms with Crippen LogP contribution in [0.2, 0.25) is 0 Å². The Morgan fingerprint density at radius 2 is 1.00 bits per heavy atom. The summed E-state index contributed by atoms with van der Waals surface area (Å²) in [6.07, 6.45) is 21.6. The second-order valence-corrected chi connectivity index (χ2v) is 7.21. The molecule has 0 saturated heterocycles. The topological polar surface area (TPSA) is 37.3 Å². The molecule has 0 saturated carbocycles. The lowest BCUT2D eigenvalue weighted by molar-refractivity contribution is -0.137. The van der Waals surface area contributed by atoms with Gasteiger partial charge in [0.2, 0.25) is 0 Å². The molecule has 0 amide bonds. The van der Waals surface area contributed by atoms with Gasteiger partial charge in [-0.05, 0) is 12.3 Å². The van der Waals surface area contributed by atoms with Crippen molar-refractivity contribution in [1.29, 1.82) is 0 Å². The minimum absolute atomic E-state index is 0.345. The van der Waals surface area contributed by atoms with Gasteiger partial charge in [-0.1, -0.05) is 110 Å². The van der Waals surface area contributed by atoms with E-state index >= 15 is 0 Å². The Balaban J connectivity index is 3.06. The van der Waals surface area contributed by atoms with Crippen molar-refractivity contribution < 1.29 is 9.90 Å². The van der Waals surface area contributed by atoms with Gasteiger partial charge in [-0.3, -0.25) is 4.79 Å². The predicted molar refractivity (Wildman–Crippen MR) is 101 cm³/mol. The first-order chi connectivity index (χ1) is 11.2. The van der Waals surface area contributed by atoms with Crippen molar-refractivity contribution >= 4 is 5.97 Å². The van der Waals surface area contributed by atoms with Gasteiger partial charge in [0, 0.05) is 6.42 Å². The van der Waals surface area contributed by atoms with Crippen LogP contribution in [0.4, 0.5) is 0 Å². The molecule has 0 aliphatic heterocycles. The molecule has 0 bridgehead atoms. The van der Waals surface area contributed by atoms with Crippen LogP contribution in [0, 0.1) is 5.92 Å². The Labute approximate surface area is 145 Å². The van der Waals surface area contributed by atoms with E-state index < -0.39 is 5.97 Å². The highest BCUT2D eigenvalue weighted by molar-refractivity contribution is 5.66. The number of carboxylic acid groups (broad SMARTS) is 1. The minimum atomic E-state index is -0.652. The maximum Gasteiger partial charge on any atom is 0.303 e. The fraction of sp³-hybridized carbons (Fsp3) is 0.952. The number of carboxylic acids is 1. The Morgan fingerprint density at radius 3 is 1.35 bits per heavy atom. The Bertz CT molecular complexity index is 246. The molecule has 23 heavy (non-hydrogen) atoms. The predicted octanol–water partition coefficient (Wildman–Crippen LogP) is 7.36. The molecule has 2 nitrogen and oxygen atoms in total. The molecule has 0 unspecified atom stereocenters. The van der Waals surface area contributed by atoms with Crippen molar-refractivity contribution in [1.82, 2.24) is 0 Å². The van der Waals surface area contributed by atoms with E-state index in [9.17, 15) is 4.79 Å². The molecule has 1 N–H and O–H groups in total. The van der Waals surface area contributed by atoms with E-state index in [1.165, 1.54) is 89.9 Å². The van der Waals surface area contributed by atoms with Crippen molar-refractivity contribution in [3.8, 4) is 0 Å². The van der Waals surface area contributed by atoms with Crippen LogP contribution in [0.1, 0.15) is 123 Å². The Hall–Kier alpha value is -0.530. The third-order valence-electron chi connectivity index (χ3n) is 5.16. The van der Waals surface area contributed by atoms with Crippen LogP contribution in [0.25, 0.3) is 0 Å². The summed E-state index contributed by atoms with van der Waals surface area (Å²) in [6.45, 7) is 4.65. The van der Waals surface area contributed by atoms with E-state index in [1.54, 1.807) is 0 Å². The molecule has 0 rings (SSSR count). The molecule has 0 aliphatic carbocycles. The summed E-state index contributed by atoms with van der Waals surface area (Å²) in [6, 6.07) is 0. The standard InChI is InChI=1S/C21H42O2/c1-3-20(4-2)18-16-14-12-10-8-6-5-7-9-11-13-15-17-19-21(22)23/h20H,3-19H2,1-2H3,(H,22,23). The van der Waals surface area contributed by atoms with Crippen LogP contribution in [-0.4, -0.2) is 11.1 Å². The molecule has 138 valence electrons. The first-order valence-electron chi connectivity index (χ1n) is 10.4. The number of carbonyl (C=O) groups is 1. The molecule has 0 atom stereocenters. The van der Waals surface area contributed by atoms with Crippen molar-refractivity contribution in [3.05, 3.63) is 0 Å². The lowest BCUT2D eigenvalue weighted by atomic mass is 9.95. The lowest BCUT2D eigenvalue weighted by Gasteiger charge is -2.11. The maximum atomic E-state index is 10.4. The van der Waals surface area contributed by atoms with Gasteiger partial charge in [-0.15, -0.1) is 0 Å². The highest BCUT2D eigenvalue weighted by Gasteiger charge is 2.02. The minimum Gasteiger partial charge on any atom is -0.481 e. The molecule has 0 aliphatic rings. The average molecular weight is 327 g/mol. The van der Waals surface area contributed by atoms with E-state index in [1.807, 2.05) is 0 Å². The van der Waals surface area contributed by atoms with Gasteiger partial charge in [0.05, 0.1) is 0 Å². The second-order valence-electron chi connectivity index (χ2n) is 7.21. The van der Waals surface area contributed by atoms with E-state index in [4.69, 9.17) is 5.11 Å². The van der Waals surface area contributed by atoms with Gasteiger partial charge in [-0.25, -0.2) is 0 Å². The van der Waals surface area contributed by atoms with Gasteiger partial charge in [-0.2, -0.15) is 0 Å². The van der Waals surface area contributed by atoms with Crippen LogP contribution in [0.15, 0.2) is 0 Å². The van der Waals surface area contributed by atoms with Gasteiger partial charge < -0.3 is 5.11 Å². The summed E-state index contributed by atoms with van der Waals surface area (Å²) in [5.41, 5.74) is 0. The van der Waals surface area contributed by atoms with E-state index in [0.717, 1.165) is 18.8 Å². The fourth-order valence-corrected chi connectivity index (χ4v) is 3.35. The zero-order valence-electron chi connectivity index (χ0n) is 16.0. The highest BCUT2D eigenvalue weighted by atomic mass is 16.4. The van der Waals surface area contributed by atoms with Gasteiger partial charge >= 0.3 is 5.97 Å². The van der Waals surface area contributed by atoms with Crippen molar-refractivity contribution in [2.75, 3.05) is 0 Å². The molecule has 0 aromatic heterocycles. The normalized spacial score (nSPS) is 11.3. The van der Waals surface area contributed by atoms with Crippen LogP contribution in [0.5, 0.6) is 0 Å². The molecular formula is C21H42O2. The summed E-state index contributed by atoms with van der Waals surface area (Å²) in [5, 5.41) is 8.55.